The van der Waals surface area contributed by atoms with Crippen LogP contribution >= 0.6 is 0 Å². The number of hydrogen-bond acceptors (Lipinski definition) is 1. The molecule has 1 saturated carbocycles. The molecule has 0 bridgehead atoms. The van der Waals surface area contributed by atoms with Crippen LogP contribution in [0.3, 0.4) is 0 Å². The van der Waals surface area contributed by atoms with E-state index in [-0.39, 0.29) is 17.2 Å². The van der Waals surface area contributed by atoms with E-state index >= 15 is 0 Å². The molecule has 1 N–H and O–H groups in total. The molecule has 0 aliphatic heterocycles. The van der Waals surface area contributed by atoms with Crippen molar-refractivity contribution in [2.75, 3.05) is 6.54 Å². The van der Waals surface area contributed by atoms with Gasteiger partial charge in [0.1, 0.15) is 5.67 Å². The third kappa shape index (κ3) is 2.69. The average molecular weight is 201 g/mol. The lowest BCUT2D eigenvalue weighted by Crippen LogP contribution is -2.51. The second-order valence-electron chi connectivity index (χ2n) is 5.45. The SMILES string of the molecule is CC(C)C(=O)NCC1(C)CC(C)(F)C1. The summed E-state index contributed by atoms with van der Waals surface area (Å²) < 4.78 is 13.3. The van der Waals surface area contributed by atoms with E-state index in [4.69, 9.17) is 0 Å². The third-order valence-corrected chi connectivity index (χ3v) is 2.80. The molecule has 14 heavy (non-hydrogen) atoms. The molecule has 0 aromatic carbocycles. The standard InChI is InChI=1S/C11H20FNO/c1-8(2)9(14)13-7-10(3)5-11(4,12)6-10/h8H,5-7H2,1-4H3,(H,13,14). The second-order valence-corrected chi connectivity index (χ2v) is 5.45. The van der Waals surface area contributed by atoms with Crippen molar-refractivity contribution in [2.24, 2.45) is 11.3 Å². The monoisotopic (exact) mass is 201 g/mol. The summed E-state index contributed by atoms with van der Waals surface area (Å²) >= 11 is 0. The molecule has 1 fully saturated rings. The molecule has 1 aliphatic carbocycles. The van der Waals surface area contributed by atoms with Gasteiger partial charge in [0.15, 0.2) is 0 Å². The van der Waals surface area contributed by atoms with Crippen LogP contribution < -0.4 is 5.32 Å². The van der Waals surface area contributed by atoms with E-state index in [1.165, 1.54) is 0 Å². The van der Waals surface area contributed by atoms with Crippen molar-refractivity contribution in [3.8, 4) is 0 Å². The smallest absolute Gasteiger partial charge is 0.222 e. The maximum absolute atomic E-state index is 13.3. The van der Waals surface area contributed by atoms with Gasteiger partial charge in [0.05, 0.1) is 0 Å². The van der Waals surface area contributed by atoms with Gasteiger partial charge in [-0.05, 0) is 25.2 Å². The molecule has 0 saturated heterocycles. The zero-order valence-electron chi connectivity index (χ0n) is 9.48. The lowest BCUT2D eigenvalue weighted by molar-refractivity contribution is -0.126. The fourth-order valence-corrected chi connectivity index (χ4v) is 2.36. The molecule has 1 rings (SSSR count). The van der Waals surface area contributed by atoms with Crippen LogP contribution in [-0.4, -0.2) is 18.1 Å². The Labute approximate surface area is 85.3 Å². The van der Waals surface area contributed by atoms with E-state index in [9.17, 15) is 9.18 Å². The van der Waals surface area contributed by atoms with Crippen molar-refractivity contribution in [3.05, 3.63) is 0 Å². The van der Waals surface area contributed by atoms with Crippen LogP contribution in [0.25, 0.3) is 0 Å². The number of halogens is 1. The van der Waals surface area contributed by atoms with Crippen LogP contribution in [0.4, 0.5) is 4.39 Å². The van der Waals surface area contributed by atoms with Gasteiger partial charge < -0.3 is 5.32 Å². The first-order valence-corrected chi connectivity index (χ1v) is 5.21. The first-order chi connectivity index (χ1) is 6.24. The first kappa shape index (κ1) is 11.5. The van der Waals surface area contributed by atoms with Gasteiger partial charge >= 0.3 is 0 Å². The van der Waals surface area contributed by atoms with Crippen LogP contribution in [0, 0.1) is 11.3 Å². The van der Waals surface area contributed by atoms with E-state index in [2.05, 4.69) is 5.32 Å². The molecule has 2 nitrogen and oxygen atoms in total. The largest absolute Gasteiger partial charge is 0.355 e. The predicted octanol–water partition coefficient (Wildman–Crippen LogP) is 2.29. The van der Waals surface area contributed by atoms with Crippen molar-refractivity contribution in [2.45, 2.75) is 46.2 Å². The van der Waals surface area contributed by atoms with E-state index in [1.54, 1.807) is 6.92 Å². The number of nitrogens with one attached hydrogen (secondary N) is 1. The summed E-state index contributed by atoms with van der Waals surface area (Å²) in [7, 11) is 0. The van der Waals surface area contributed by atoms with Crippen molar-refractivity contribution in [1.29, 1.82) is 0 Å². The number of hydrogen-bond donors (Lipinski definition) is 1. The van der Waals surface area contributed by atoms with Crippen LogP contribution in [0.1, 0.15) is 40.5 Å². The summed E-state index contributed by atoms with van der Waals surface area (Å²) in [5.74, 6) is 0.0640. The Morgan fingerprint density at radius 2 is 1.93 bits per heavy atom. The lowest BCUT2D eigenvalue weighted by atomic mass is 9.62. The first-order valence-electron chi connectivity index (χ1n) is 5.21. The van der Waals surface area contributed by atoms with Crippen LogP contribution in [0.5, 0.6) is 0 Å². The highest BCUT2D eigenvalue weighted by Crippen LogP contribution is 2.49. The number of rotatable bonds is 3. The molecule has 1 amide bonds. The van der Waals surface area contributed by atoms with Crippen molar-refractivity contribution in [1.82, 2.24) is 5.32 Å². The maximum Gasteiger partial charge on any atom is 0.222 e. The van der Waals surface area contributed by atoms with Gasteiger partial charge in [0, 0.05) is 12.5 Å². The minimum Gasteiger partial charge on any atom is -0.355 e. The molecule has 3 heteroatoms. The summed E-state index contributed by atoms with van der Waals surface area (Å²) in [4.78, 5) is 11.3. The number of amides is 1. The molecule has 1 aliphatic rings. The van der Waals surface area contributed by atoms with Crippen LogP contribution in [0.2, 0.25) is 0 Å². The highest BCUT2D eigenvalue weighted by atomic mass is 19.1. The molecular formula is C11H20FNO. The Bertz CT molecular complexity index is 227. The van der Waals surface area contributed by atoms with Crippen LogP contribution in [-0.2, 0) is 4.79 Å². The van der Waals surface area contributed by atoms with E-state index in [0.717, 1.165) is 0 Å². The third-order valence-electron chi connectivity index (χ3n) is 2.80. The summed E-state index contributed by atoms with van der Waals surface area (Å²) in [5, 5.41) is 2.86. The fourth-order valence-electron chi connectivity index (χ4n) is 2.36. The minimum atomic E-state index is -1.02. The summed E-state index contributed by atoms with van der Waals surface area (Å²) in [6, 6.07) is 0. The Balaban J connectivity index is 2.30. The van der Waals surface area contributed by atoms with Gasteiger partial charge in [-0.2, -0.15) is 0 Å². The molecular weight excluding hydrogens is 181 g/mol. The summed E-state index contributed by atoms with van der Waals surface area (Å²) in [6.45, 7) is 7.97. The normalized spacial score (nSPS) is 36.7. The van der Waals surface area contributed by atoms with E-state index in [1.807, 2.05) is 20.8 Å². The predicted molar refractivity (Wildman–Crippen MR) is 54.7 cm³/mol. The number of alkyl halides is 1. The van der Waals surface area contributed by atoms with Crippen molar-refractivity contribution in [3.63, 3.8) is 0 Å². The van der Waals surface area contributed by atoms with Gasteiger partial charge in [-0.3, -0.25) is 4.79 Å². The summed E-state index contributed by atoms with van der Waals surface area (Å²) in [5.41, 5.74) is -1.05. The van der Waals surface area contributed by atoms with E-state index in [0.29, 0.717) is 19.4 Å². The number of carbonyl (C=O) groups is 1. The Morgan fingerprint density at radius 1 is 1.43 bits per heavy atom. The average Bonchev–Trinajstić information content (AvgIpc) is 1.96. The molecule has 0 aromatic heterocycles. The van der Waals surface area contributed by atoms with Gasteiger partial charge in [-0.15, -0.1) is 0 Å². The maximum atomic E-state index is 13.3. The quantitative estimate of drug-likeness (QED) is 0.745. The topological polar surface area (TPSA) is 29.1 Å². The molecule has 0 spiro atoms. The Morgan fingerprint density at radius 3 is 2.29 bits per heavy atom. The fraction of sp³-hybridized carbons (Fsp3) is 0.909. The summed E-state index contributed by atoms with van der Waals surface area (Å²) in [6.07, 6.45) is 1.11. The van der Waals surface area contributed by atoms with Crippen molar-refractivity contribution < 1.29 is 9.18 Å². The molecule has 0 aromatic rings. The number of carbonyl (C=O) groups excluding carboxylic acids is 1. The zero-order valence-corrected chi connectivity index (χ0v) is 9.48. The highest BCUT2D eigenvalue weighted by Gasteiger charge is 2.49. The minimum absolute atomic E-state index is 0.00966. The molecule has 0 atom stereocenters. The molecule has 82 valence electrons. The Kier molecular flexibility index (Phi) is 2.88. The van der Waals surface area contributed by atoms with Gasteiger partial charge in [0.25, 0.3) is 0 Å². The van der Waals surface area contributed by atoms with Gasteiger partial charge in [-0.25, -0.2) is 4.39 Å². The zero-order chi connectivity index (χ0) is 11.0. The molecule has 0 radical (unpaired) electrons. The lowest BCUT2D eigenvalue weighted by Gasteiger charge is -2.48. The van der Waals surface area contributed by atoms with Crippen LogP contribution in [0.15, 0.2) is 0 Å². The van der Waals surface area contributed by atoms with Gasteiger partial charge in [-0.1, -0.05) is 20.8 Å². The molecule has 0 heterocycles. The highest BCUT2D eigenvalue weighted by molar-refractivity contribution is 5.77. The second kappa shape index (κ2) is 3.52. The Hall–Kier alpha value is -0.600. The van der Waals surface area contributed by atoms with Gasteiger partial charge in [0.2, 0.25) is 5.91 Å². The molecule has 0 unspecified atom stereocenters. The van der Waals surface area contributed by atoms with E-state index < -0.39 is 5.67 Å². The van der Waals surface area contributed by atoms with Crippen molar-refractivity contribution >= 4 is 5.91 Å².